The molecule has 8 heteroatoms. The lowest BCUT2D eigenvalue weighted by atomic mass is 10.2. The second kappa shape index (κ2) is 7.48. The van der Waals surface area contributed by atoms with Crippen LogP contribution in [0.1, 0.15) is 26.5 Å². The summed E-state index contributed by atoms with van der Waals surface area (Å²) in [5.41, 5.74) is 0.739. The lowest BCUT2D eigenvalue weighted by Crippen LogP contribution is -2.39. The molecule has 0 aromatic carbocycles. The lowest BCUT2D eigenvalue weighted by molar-refractivity contribution is 0.0522. The third-order valence-corrected chi connectivity index (χ3v) is 3.63. The van der Waals surface area contributed by atoms with Gasteiger partial charge in [-0.05, 0) is 50.7 Å². The van der Waals surface area contributed by atoms with Gasteiger partial charge in [0.05, 0.1) is 10.9 Å². The second-order valence-corrected chi connectivity index (χ2v) is 7.25. The Labute approximate surface area is 143 Å². The first-order chi connectivity index (χ1) is 11.2. The van der Waals surface area contributed by atoms with Gasteiger partial charge in [-0.2, -0.15) is 0 Å². The number of carbonyl (C=O) groups excluding carboxylic acids is 1. The van der Waals surface area contributed by atoms with Gasteiger partial charge < -0.3 is 15.2 Å². The zero-order chi connectivity index (χ0) is 17.7. The number of carbonyl (C=O) groups is 2. The third kappa shape index (κ3) is 5.69. The summed E-state index contributed by atoms with van der Waals surface area (Å²) in [5.74, 6) is 0. The van der Waals surface area contributed by atoms with Crippen LogP contribution in [0.15, 0.2) is 30.6 Å². The maximum Gasteiger partial charge on any atom is 0.408 e. The van der Waals surface area contributed by atoms with E-state index >= 15 is 0 Å². The SMILES string of the molecule is CC(C)(C)OC(=O)N[C@@H](Cc1cc2ncccc2cn1)SC(=O)O. The van der Waals surface area contributed by atoms with Crippen LogP contribution in [-0.4, -0.2) is 37.4 Å². The highest BCUT2D eigenvalue weighted by Crippen LogP contribution is 2.18. The van der Waals surface area contributed by atoms with Crippen LogP contribution >= 0.6 is 11.8 Å². The summed E-state index contributed by atoms with van der Waals surface area (Å²) in [6.45, 7) is 5.22. The van der Waals surface area contributed by atoms with Gasteiger partial charge in [-0.1, -0.05) is 0 Å². The molecule has 2 N–H and O–H groups in total. The fourth-order valence-electron chi connectivity index (χ4n) is 1.99. The van der Waals surface area contributed by atoms with Crippen LogP contribution in [0.5, 0.6) is 0 Å². The molecule has 0 radical (unpaired) electrons. The monoisotopic (exact) mass is 349 g/mol. The highest BCUT2D eigenvalue weighted by molar-refractivity contribution is 8.13. The number of hydrogen-bond donors (Lipinski definition) is 2. The van der Waals surface area contributed by atoms with Crippen molar-refractivity contribution in [3.8, 4) is 0 Å². The summed E-state index contributed by atoms with van der Waals surface area (Å²) in [5, 5.41) is 10.7. The molecule has 24 heavy (non-hydrogen) atoms. The van der Waals surface area contributed by atoms with Crippen molar-refractivity contribution in [1.82, 2.24) is 15.3 Å². The molecule has 0 unspecified atom stereocenters. The van der Waals surface area contributed by atoms with E-state index in [-0.39, 0.29) is 6.42 Å². The molecule has 2 aromatic heterocycles. The molecule has 0 aliphatic rings. The van der Waals surface area contributed by atoms with Crippen molar-refractivity contribution in [2.75, 3.05) is 0 Å². The van der Waals surface area contributed by atoms with Gasteiger partial charge in [0.15, 0.2) is 0 Å². The molecular formula is C16H19N3O4S. The molecule has 2 aromatic rings. The van der Waals surface area contributed by atoms with Crippen molar-refractivity contribution < 1.29 is 19.4 Å². The first-order valence-electron chi connectivity index (χ1n) is 7.32. The number of pyridine rings is 2. The van der Waals surface area contributed by atoms with E-state index < -0.39 is 22.4 Å². The molecule has 0 spiro atoms. The second-order valence-electron chi connectivity index (χ2n) is 6.09. The van der Waals surface area contributed by atoms with E-state index in [1.165, 1.54) is 0 Å². The minimum absolute atomic E-state index is 0.239. The van der Waals surface area contributed by atoms with E-state index in [4.69, 9.17) is 9.84 Å². The first kappa shape index (κ1) is 18.0. The van der Waals surface area contributed by atoms with Crippen molar-refractivity contribution in [1.29, 1.82) is 0 Å². The molecule has 7 nitrogen and oxygen atoms in total. The fraction of sp³-hybridized carbons (Fsp3) is 0.375. The number of thioether (sulfide) groups is 1. The van der Waals surface area contributed by atoms with Gasteiger partial charge in [0.25, 0.3) is 0 Å². The molecular weight excluding hydrogens is 330 g/mol. The number of hydrogen-bond acceptors (Lipinski definition) is 6. The molecule has 128 valence electrons. The normalized spacial score (nSPS) is 12.6. The van der Waals surface area contributed by atoms with Crippen molar-refractivity contribution >= 4 is 34.1 Å². The number of ether oxygens (including phenoxy) is 1. The summed E-state index contributed by atoms with van der Waals surface area (Å²) >= 11 is 0.598. The van der Waals surface area contributed by atoms with Crippen LogP contribution in [0, 0.1) is 0 Å². The van der Waals surface area contributed by atoms with Crippen LogP contribution in [0.25, 0.3) is 10.9 Å². The minimum Gasteiger partial charge on any atom is -0.473 e. The number of alkyl carbamates (subject to hydrolysis) is 1. The Bertz CT molecular complexity index is 745. The van der Waals surface area contributed by atoms with E-state index in [1.54, 1.807) is 39.2 Å². The molecule has 0 bridgehead atoms. The number of rotatable bonds is 4. The molecule has 0 aliphatic carbocycles. The van der Waals surface area contributed by atoms with Gasteiger partial charge in [-0.3, -0.25) is 9.97 Å². The standard InChI is InChI=1S/C16H19N3O4S/c1-16(2,3)23-14(20)19-13(24-15(21)22)8-11-7-12-10(9-18-11)5-4-6-17-12/h4-7,9,13H,8H2,1-3H3,(H,19,20)(H,21,22)/t13-/m1/s1. The Morgan fingerprint density at radius 3 is 2.79 bits per heavy atom. The molecule has 1 atom stereocenters. The summed E-state index contributed by atoms with van der Waals surface area (Å²) in [6.07, 6.45) is 2.92. The molecule has 0 saturated heterocycles. The Hall–Kier alpha value is -2.35. The maximum absolute atomic E-state index is 11.9. The molecule has 0 saturated carbocycles. The van der Waals surface area contributed by atoms with Crippen LogP contribution in [0.3, 0.4) is 0 Å². The maximum atomic E-state index is 11.9. The van der Waals surface area contributed by atoms with Gasteiger partial charge >= 0.3 is 11.4 Å². The zero-order valence-corrected chi connectivity index (χ0v) is 14.5. The van der Waals surface area contributed by atoms with Crippen molar-refractivity contribution in [3.05, 3.63) is 36.3 Å². The van der Waals surface area contributed by atoms with E-state index in [9.17, 15) is 9.59 Å². The molecule has 0 aliphatic heterocycles. The predicted octanol–water partition coefficient (Wildman–Crippen LogP) is 3.43. The number of carboxylic acid groups (broad SMARTS) is 1. The van der Waals surface area contributed by atoms with Crippen molar-refractivity contribution in [2.24, 2.45) is 0 Å². The quantitative estimate of drug-likeness (QED) is 0.815. The van der Waals surface area contributed by atoms with Gasteiger partial charge in [0.2, 0.25) is 0 Å². The van der Waals surface area contributed by atoms with E-state index in [0.717, 1.165) is 10.9 Å². The minimum atomic E-state index is -1.09. The Morgan fingerprint density at radius 2 is 2.12 bits per heavy atom. The predicted molar refractivity (Wildman–Crippen MR) is 92.0 cm³/mol. The summed E-state index contributed by atoms with van der Waals surface area (Å²) in [7, 11) is 0. The van der Waals surface area contributed by atoms with Crippen LogP contribution in [0.2, 0.25) is 0 Å². The molecule has 1 amide bonds. The third-order valence-electron chi connectivity index (χ3n) is 2.86. The number of aromatic nitrogens is 2. The van der Waals surface area contributed by atoms with Gasteiger partial charge in [-0.15, -0.1) is 0 Å². The van der Waals surface area contributed by atoms with E-state index in [2.05, 4.69) is 15.3 Å². The highest BCUT2D eigenvalue weighted by atomic mass is 32.2. The van der Waals surface area contributed by atoms with Crippen molar-refractivity contribution in [2.45, 2.75) is 38.2 Å². The summed E-state index contributed by atoms with van der Waals surface area (Å²) in [6, 6.07) is 5.49. The number of fused-ring (bicyclic) bond motifs is 1. The van der Waals surface area contributed by atoms with E-state index in [0.29, 0.717) is 17.5 Å². The number of nitrogens with zero attached hydrogens (tertiary/aromatic N) is 2. The summed E-state index contributed by atoms with van der Waals surface area (Å²) < 4.78 is 5.17. The van der Waals surface area contributed by atoms with Crippen LogP contribution < -0.4 is 5.32 Å². The number of nitrogens with one attached hydrogen (secondary N) is 1. The molecule has 2 rings (SSSR count). The molecule has 2 heterocycles. The smallest absolute Gasteiger partial charge is 0.408 e. The Kier molecular flexibility index (Phi) is 5.61. The topological polar surface area (TPSA) is 101 Å². The average Bonchev–Trinajstić information content (AvgIpc) is 2.44. The Balaban J connectivity index is 2.11. The largest absolute Gasteiger partial charge is 0.473 e. The van der Waals surface area contributed by atoms with Crippen LogP contribution in [0.4, 0.5) is 9.59 Å². The van der Waals surface area contributed by atoms with Gasteiger partial charge in [0.1, 0.15) is 5.60 Å². The molecule has 0 fully saturated rings. The van der Waals surface area contributed by atoms with E-state index in [1.807, 2.05) is 12.1 Å². The van der Waals surface area contributed by atoms with Gasteiger partial charge in [0, 0.05) is 29.9 Å². The Morgan fingerprint density at radius 1 is 1.38 bits per heavy atom. The zero-order valence-electron chi connectivity index (χ0n) is 13.6. The van der Waals surface area contributed by atoms with Crippen LogP contribution in [-0.2, 0) is 11.2 Å². The highest BCUT2D eigenvalue weighted by Gasteiger charge is 2.22. The average molecular weight is 349 g/mol. The first-order valence-corrected chi connectivity index (χ1v) is 8.20. The fourth-order valence-corrected chi connectivity index (χ4v) is 2.64. The van der Waals surface area contributed by atoms with Crippen molar-refractivity contribution in [3.63, 3.8) is 0 Å². The number of amides is 1. The van der Waals surface area contributed by atoms with Gasteiger partial charge in [-0.25, -0.2) is 9.59 Å². The lowest BCUT2D eigenvalue weighted by Gasteiger charge is -2.22. The summed E-state index contributed by atoms with van der Waals surface area (Å²) in [4.78, 5) is 31.4.